The van der Waals surface area contributed by atoms with Crippen LogP contribution >= 0.6 is 0 Å². The van der Waals surface area contributed by atoms with E-state index < -0.39 is 0 Å². The molecule has 0 unspecified atom stereocenters. The number of nitrogens with zero attached hydrogens (tertiary/aromatic N) is 2. The molecule has 172 valence electrons. The van der Waals surface area contributed by atoms with Crippen molar-refractivity contribution in [1.82, 2.24) is 15.2 Å². The molecule has 2 aliphatic rings. The molecule has 6 nitrogen and oxygen atoms in total. The van der Waals surface area contributed by atoms with Gasteiger partial charge in [-0.1, -0.05) is 12.1 Å². The van der Waals surface area contributed by atoms with Gasteiger partial charge in [0.15, 0.2) is 11.5 Å². The third kappa shape index (κ3) is 5.80. The van der Waals surface area contributed by atoms with Crippen molar-refractivity contribution in [3.8, 4) is 11.5 Å². The maximum Gasteiger partial charge on any atom is 0.217 e. The van der Waals surface area contributed by atoms with Crippen LogP contribution < -0.4 is 14.8 Å². The van der Waals surface area contributed by atoms with Crippen LogP contribution in [0.15, 0.2) is 42.6 Å². The minimum atomic E-state index is -0.0250. The Balaban J connectivity index is 1.35. The first-order valence-corrected chi connectivity index (χ1v) is 11.9. The number of methoxy groups -OCH3 is 1. The van der Waals surface area contributed by atoms with Crippen molar-refractivity contribution in [1.29, 1.82) is 0 Å². The number of carbonyl (C=O) groups is 1. The average Bonchev–Trinajstić information content (AvgIpc) is 3.33. The number of ether oxygens (including phenoxy) is 2. The first-order valence-electron chi connectivity index (χ1n) is 11.9. The molecule has 0 radical (unpaired) electrons. The molecule has 1 amide bonds. The van der Waals surface area contributed by atoms with E-state index in [1.807, 2.05) is 18.2 Å². The number of aromatic nitrogens is 1. The van der Waals surface area contributed by atoms with Gasteiger partial charge in [-0.05, 0) is 87.4 Å². The molecule has 6 heteroatoms. The van der Waals surface area contributed by atoms with E-state index in [1.165, 1.54) is 18.4 Å². The first kappa shape index (κ1) is 22.6. The fraction of sp³-hybridized carbons (Fsp3) is 0.538. The SMILES string of the molecule is COc1cc(CN2CCC([C@@H](NC(C)=O)c3ccccn3)CC2)ccc1OC1CCCC1. The fourth-order valence-electron chi connectivity index (χ4n) is 5.01. The molecule has 1 aromatic heterocycles. The molecule has 2 aromatic rings. The number of hydrogen-bond donors (Lipinski definition) is 1. The van der Waals surface area contributed by atoms with E-state index in [4.69, 9.17) is 9.47 Å². The summed E-state index contributed by atoms with van der Waals surface area (Å²) in [4.78, 5) is 18.8. The van der Waals surface area contributed by atoms with Gasteiger partial charge in [-0.3, -0.25) is 14.7 Å². The van der Waals surface area contributed by atoms with Crippen LogP contribution in [0.5, 0.6) is 11.5 Å². The molecule has 1 aliphatic heterocycles. The molecule has 2 heterocycles. The van der Waals surface area contributed by atoms with Gasteiger partial charge >= 0.3 is 0 Å². The van der Waals surface area contributed by atoms with Gasteiger partial charge in [0.05, 0.1) is 24.9 Å². The zero-order chi connectivity index (χ0) is 22.3. The second kappa shape index (κ2) is 10.8. The molecule has 1 saturated heterocycles. The molecule has 1 N–H and O–H groups in total. The van der Waals surface area contributed by atoms with Crippen LogP contribution in [-0.2, 0) is 11.3 Å². The number of pyridine rings is 1. The van der Waals surface area contributed by atoms with E-state index in [9.17, 15) is 4.79 Å². The van der Waals surface area contributed by atoms with Crippen LogP contribution in [0.3, 0.4) is 0 Å². The standard InChI is InChI=1S/C26H35N3O3/c1-19(30)28-26(23-9-5-6-14-27-23)21-12-15-29(16-13-21)18-20-10-11-24(25(17-20)31-2)32-22-7-3-4-8-22/h5-6,9-11,14,17,21-22,26H,3-4,7-8,12-13,15-16,18H2,1-2H3,(H,28,30)/t26-/m1/s1. The van der Waals surface area contributed by atoms with Gasteiger partial charge < -0.3 is 14.8 Å². The minimum Gasteiger partial charge on any atom is -0.493 e. The monoisotopic (exact) mass is 437 g/mol. The van der Waals surface area contributed by atoms with Gasteiger partial charge in [-0.2, -0.15) is 0 Å². The van der Waals surface area contributed by atoms with Crippen LogP contribution in [0.4, 0.5) is 0 Å². The van der Waals surface area contributed by atoms with E-state index in [1.54, 1.807) is 20.2 Å². The summed E-state index contributed by atoms with van der Waals surface area (Å²) in [6.07, 6.45) is 8.96. The summed E-state index contributed by atoms with van der Waals surface area (Å²) in [5.41, 5.74) is 2.19. The van der Waals surface area contributed by atoms with Crippen LogP contribution in [-0.4, -0.2) is 42.1 Å². The summed E-state index contributed by atoms with van der Waals surface area (Å²) in [6.45, 7) is 4.46. The summed E-state index contributed by atoms with van der Waals surface area (Å²) in [7, 11) is 1.71. The molecule has 1 aliphatic carbocycles. The van der Waals surface area contributed by atoms with Crippen molar-refractivity contribution in [2.75, 3.05) is 20.2 Å². The van der Waals surface area contributed by atoms with Crippen molar-refractivity contribution in [2.24, 2.45) is 5.92 Å². The van der Waals surface area contributed by atoms with Crippen molar-refractivity contribution in [2.45, 2.75) is 64.1 Å². The Kier molecular flexibility index (Phi) is 7.63. The van der Waals surface area contributed by atoms with E-state index >= 15 is 0 Å². The van der Waals surface area contributed by atoms with Crippen LogP contribution in [0.2, 0.25) is 0 Å². The molecule has 2 fully saturated rings. The van der Waals surface area contributed by atoms with E-state index in [0.717, 1.165) is 62.5 Å². The predicted octanol–water partition coefficient (Wildman–Crippen LogP) is 4.50. The maximum absolute atomic E-state index is 11.8. The van der Waals surface area contributed by atoms with E-state index in [0.29, 0.717) is 12.0 Å². The lowest BCUT2D eigenvalue weighted by molar-refractivity contribution is -0.120. The minimum absolute atomic E-state index is 0.00455. The highest BCUT2D eigenvalue weighted by molar-refractivity contribution is 5.73. The number of nitrogens with one attached hydrogen (secondary N) is 1. The van der Waals surface area contributed by atoms with Gasteiger partial charge in [0.25, 0.3) is 0 Å². The van der Waals surface area contributed by atoms with Gasteiger partial charge in [0.1, 0.15) is 0 Å². The summed E-state index contributed by atoms with van der Waals surface area (Å²) < 4.78 is 11.8. The van der Waals surface area contributed by atoms with Crippen molar-refractivity contribution >= 4 is 5.91 Å². The molecule has 1 atom stereocenters. The van der Waals surface area contributed by atoms with Crippen molar-refractivity contribution in [3.63, 3.8) is 0 Å². The van der Waals surface area contributed by atoms with Gasteiger partial charge in [0.2, 0.25) is 5.91 Å². The number of piperidine rings is 1. The van der Waals surface area contributed by atoms with Crippen LogP contribution in [0, 0.1) is 5.92 Å². The zero-order valence-electron chi connectivity index (χ0n) is 19.3. The fourth-order valence-corrected chi connectivity index (χ4v) is 5.01. The van der Waals surface area contributed by atoms with Crippen LogP contribution in [0.25, 0.3) is 0 Å². The number of hydrogen-bond acceptors (Lipinski definition) is 5. The Hall–Kier alpha value is -2.60. The topological polar surface area (TPSA) is 63.7 Å². The second-order valence-corrected chi connectivity index (χ2v) is 9.06. The summed E-state index contributed by atoms with van der Waals surface area (Å²) >= 11 is 0. The highest BCUT2D eigenvalue weighted by Gasteiger charge is 2.29. The third-order valence-corrected chi connectivity index (χ3v) is 6.70. The van der Waals surface area contributed by atoms with Crippen molar-refractivity contribution in [3.05, 3.63) is 53.9 Å². The highest BCUT2D eigenvalue weighted by atomic mass is 16.5. The lowest BCUT2D eigenvalue weighted by atomic mass is 9.87. The zero-order valence-corrected chi connectivity index (χ0v) is 19.3. The lowest BCUT2D eigenvalue weighted by Gasteiger charge is -2.36. The normalized spacial score (nSPS) is 18.9. The van der Waals surface area contributed by atoms with E-state index in [2.05, 4.69) is 33.4 Å². The van der Waals surface area contributed by atoms with Gasteiger partial charge in [0, 0.05) is 19.7 Å². The Morgan fingerprint density at radius 1 is 1.12 bits per heavy atom. The Bertz CT molecular complexity index is 875. The summed E-state index contributed by atoms with van der Waals surface area (Å²) in [5.74, 6) is 2.07. The van der Waals surface area contributed by atoms with Gasteiger partial charge in [-0.15, -0.1) is 0 Å². The molecule has 32 heavy (non-hydrogen) atoms. The molecule has 4 rings (SSSR count). The summed E-state index contributed by atoms with van der Waals surface area (Å²) in [5, 5.41) is 3.13. The highest BCUT2D eigenvalue weighted by Crippen LogP contribution is 2.34. The largest absolute Gasteiger partial charge is 0.493 e. The molecule has 1 aromatic carbocycles. The quantitative estimate of drug-likeness (QED) is 0.659. The number of carbonyl (C=O) groups excluding carboxylic acids is 1. The number of amides is 1. The lowest BCUT2D eigenvalue weighted by Crippen LogP contribution is -2.40. The molecule has 1 saturated carbocycles. The number of benzene rings is 1. The van der Waals surface area contributed by atoms with Crippen LogP contribution in [0.1, 0.15) is 62.7 Å². The molecular weight excluding hydrogens is 402 g/mol. The average molecular weight is 438 g/mol. The van der Waals surface area contributed by atoms with Gasteiger partial charge in [-0.25, -0.2) is 0 Å². The molecule has 0 bridgehead atoms. The summed E-state index contributed by atoms with van der Waals surface area (Å²) in [6, 6.07) is 12.2. The second-order valence-electron chi connectivity index (χ2n) is 9.06. The Morgan fingerprint density at radius 3 is 2.56 bits per heavy atom. The van der Waals surface area contributed by atoms with E-state index in [-0.39, 0.29) is 11.9 Å². The third-order valence-electron chi connectivity index (χ3n) is 6.70. The smallest absolute Gasteiger partial charge is 0.217 e. The molecule has 0 spiro atoms. The number of likely N-dealkylation sites (tertiary alicyclic amines) is 1. The molecular formula is C26H35N3O3. The predicted molar refractivity (Wildman–Crippen MR) is 125 cm³/mol. The first-order chi connectivity index (χ1) is 15.6. The number of rotatable bonds is 8. The Labute approximate surface area is 191 Å². The Morgan fingerprint density at radius 2 is 1.91 bits per heavy atom. The van der Waals surface area contributed by atoms with Crippen molar-refractivity contribution < 1.29 is 14.3 Å². The maximum atomic E-state index is 11.8.